The molecule has 0 N–H and O–H groups in total. The van der Waals surface area contributed by atoms with Crippen LogP contribution < -0.4 is 0 Å². The standard InChI is InChI=1S/C21H46N2/c1-9-12-15-19(4)21(6,23(8)17-14-11-3)18-20(5)22(7)16-13-10-2/h19-20H,9-18H2,1-8H3. The summed E-state index contributed by atoms with van der Waals surface area (Å²) in [7, 11) is 4.67. The summed E-state index contributed by atoms with van der Waals surface area (Å²) in [5.41, 5.74) is 0.310. The number of nitrogens with zero attached hydrogens (tertiary/aromatic N) is 2. The minimum Gasteiger partial charge on any atom is -0.304 e. The summed E-state index contributed by atoms with van der Waals surface area (Å²) in [4.78, 5) is 5.24. The Kier molecular flexibility index (Phi) is 12.3. The summed E-state index contributed by atoms with van der Waals surface area (Å²) in [6.45, 7) is 16.8. The predicted molar refractivity (Wildman–Crippen MR) is 106 cm³/mol. The molecule has 0 amide bonds. The van der Waals surface area contributed by atoms with Gasteiger partial charge in [-0.15, -0.1) is 0 Å². The highest BCUT2D eigenvalue weighted by atomic mass is 15.2. The predicted octanol–water partition coefficient (Wildman–Crippen LogP) is 5.81. The van der Waals surface area contributed by atoms with Crippen molar-refractivity contribution in [3.63, 3.8) is 0 Å². The molecule has 0 aliphatic heterocycles. The second-order valence-electron chi connectivity index (χ2n) is 8.06. The Labute approximate surface area is 148 Å². The summed E-state index contributed by atoms with van der Waals surface area (Å²) in [6.07, 6.45) is 10.5. The van der Waals surface area contributed by atoms with Gasteiger partial charge in [0.2, 0.25) is 0 Å². The number of unbranched alkanes of at least 4 members (excludes halogenated alkanes) is 3. The molecule has 0 bridgehead atoms. The lowest BCUT2D eigenvalue weighted by atomic mass is 9.77. The maximum Gasteiger partial charge on any atom is 0.0218 e. The number of rotatable bonds is 14. The lowest BCUT2D eigenvalue weighted by Crippen LogP contribution is -2.53. The van der Waals surface area contributed by atoms with Gasteiger partial charge in [-0.2, -0.15) is 0 Å². The molecule has 0 aromatic heterocycles. The van der Waals surface area contributed by atoms with E-state index < -0.39 is 0 Å². The maximum atomic E-state index is 2.67. The molecule has 0 aromatic carbocycles. The summed E-state index contributed by atoms with van der Waals surface area (Å²) < 4.78 is 0. The molecule has 3 unspecified atom stereocenters. The Morgan fingerprint density at radius 1 is 0.826 bits per heavy atom. The smallest absolute Gasteiger partial charge is 0.0218 e. The van der Waals surface area contributed by atoms with Gasteiger partial charge in [0, 0.05) is 11.6 Å². The Hall–Kier alpha value is -0.0800. The van der Waals surface area contributed by atoms with Crippen LogP contribution in [-0.4, -0.2) is 48.6 Å². The second-order valence-corrected chi connectivity index (χ2v) is 8.06. The summed E-state index contributed by atoms with van der Waals surface area (Å²) in [6, 6.07) is 0.653. The molecule has 0 aliphatic rings. The van der Waals surface area contributed by atoms with Crippen molar-refractivity contribution in [2.45, 2.75) is 104 Å². The van der Waals surface area contributed by atoms with Crippen molar-refractivity contribution in [2.24, 2.45) is 5.92 Å². The van der Waals surface area contributed by atoms with E-state index in [0.29, 0.717) is 11.6 Å². The van der Waals surface area contributed by atoms with Crippen molar-refractivity contribution < 1.29 is 0 Å². The van der Waals surface area contributed by atoms with Gasteiger partial charge in [0.05, 0.1) is 0 Å². The third-order valence-electron chi connectivity index (χ3n) is 6.10. The Balaban J connectivity index is 4.94. The van der Waals surface area contributed by atoms with E-state index in [1.54, 1.807) is 0 Å². The summed E-state index contributed by atoms with van der Waals surface area (Å²) >= 11 is 0. The van der Waals surface area contributed by atoms with E-state index in [0.717, 1.165) is 5.92 Å². The normalized spacial score (nSPS) is 17.5. The van der Waals surface area contributed by atoms with Gasteiger partial charge in [-0.1, -0.05) is 53.4 Å². The van der Waals surface area contributed by atoms with E-state index in [9.17, 15) is 0 Å². The van der Waals surface area contributed by atoms with Crippen molar-refractivity contribution in [3.8, 4) is 0 Å². The molecule has 0 heterocycles. The third-order valence-corrected chi connectivity index (χ3v) is 6.10. The zero-order valence-corrected chi connectivity index (χ0v) is 17.6. The molecule has 0 fully saturated rings. The van der Waals surface area contributed by atoms with Gasteiger partial charge < -0.3 is 9.80 Å². The molecule has 0 saturated carbocycles. The lowest BCUT2D eigenvalue weighted by molar-refractivity contribution is 0.0380. The quantitative estimate of drug-likeness (QED) is 0.397. The zero-order valence-electron chi connectivity index (χ0n) is 17.6. The van der Waals surface area contributed by atoms with Gasteiger partial charge in [0.25, 0.3) is 0 Å². The minimum atomic E-state index is 0.310. The lowest BCUT2D eigenvalue weighted by Gasteiger charge is -2.47. The molecule has 2 heteroatoms. The Bertz CT molecular complexity index is 263. The van der Waals surface area contributed by atoms with Crippen LogP contribution in [0.5, 0.6) is 0 Å². The maximum absolute atomic E-state index is 2.67. The largest absolute Gasteiger partial charge is 0.304 e. The molecule has 2 nitrogen and oxygen atoms in total. The topological polar surface area (TPSA) is 6.48 Å². The van der Waals surface area contributed by atoms with Crippen molar-refractivity contribution >= 4 is 0 Å². The molecule has 0 aromatic rings. The van der Waals surface area contributed by atoms with Crippen LogP contribution >= 0.6 is 0 Å². The molecule has 140 valence electrons. The van der Waals surface area contributed by atoms with Crippen molar-refractivity contribution in [3.05, 3.63) is 0 Å². The van der Waals surface area contributed by atoms with Gasteiger partial charge >= 0.3 is 0 Å². The van der Waals surface area contributed by atoms with Crippen LogP contribution in [-0.2, 0) is 0 Å². The monoisotopic (exact) mass is 326 g/mol. The van der Waals surface area contributed by atoms with Crippen molar-refractivity contribution in [1.82, 2.24) is 9.80 Å². The number of hydrogen-bond donors (Lipinski definition) is 0. The third kappa shape index (κ3) is 8.03. The van der Waals surface area contributed by atoms with Gasteiger partial charge in [0.15, 0.2) is 0 Å². The molecule has 0 spiro atoms. The van der Waals surface area contributed by atoms with Gasteiger partial charge in [-0.25, -0.2) is 0 Å². The minimum absolute atomic E-state index is 0.310. The Morgan fingerprint density at radius 2 is 1.35 bits per heavy atom. The summed E-state index contributed by atoms with van der Waals surface area (Å²) in [5.74, 6) is 0.756. The first-order chi connectivity index (χ1) is 10.8. The van der Waals surface area contributed by atoms with E-state index in [1.807, 2.05) is 0 Å². The van der Waals surface area contributed by atoms with E-state index >= 15 is 0 Å². The Morgan fingerprint density at radius 3 is 1.87 bits per heavy atom. The number of hydrogen-bond acceptors (Lipinski definition) is 2. The first kappa shape index (κ1) is 22.9. The fourth-order valence-corrected chi connectivity index (χ4v) is 3.59. The summed E-state index contributed by atoms with van der Waals surface area (Å²) in [5, 5.41) is 0. The fourth-order valence-electron chi connectivity index (χ4n) is 3.59. The molecule has 0 aliphatic carbocycles. The highest BCUT2D eigenvalue weighted by Gasteiger charge is 2.36. The highest BCUT2D eigenvalue weighted by molar-refractivity contribution is 4.92. The molecule has 23 heavy (non-hydrogen) atoms. The molecule has 0 rings (SSSR count). The molecule has 3 atom stereocenters. The van der Waals surface area contributed by atoms with Crippen LogP contribution in [0.2, 0.25) is 0 Å². The highest BCUT2D eigenvalue weighted by Crippen LogP contribution is 2.33. The van der Waals surface area contributed by atoms with Gasteiger partial charge in [-0.3, -0.25) is 0 Å². The zero-order chi connectivity index (χ0) is 17.9. The van der Waals surface area contributed by atoms with E-state index in [4.69, 9.17) is 0 Å². The van der Waals surface area contributed by atoms with Crippen LogP contribution in [0.4, 0.5) is 0 Å². The SMILES string of the molecule is CCCCC(C)C(C)(CC(C)N(C)CCCC)N(C)CCCC. The average molecular weight is 327 g/mol. The van der Waals surface area contributed by atoms with Gasteiger partial charge in [-0.05, 0) is 72.6 Å². The first-order valence-electron chi connectivity index (χ1n) is 10.2. The van der Waals surface area contributed by atoms with Crippen LogP contribution in [0.15, 0.2) is 0 Å². The van der Waals surface area contributed by atoms with Crippen LogP contribution in [0, 0.1) is 5.92 Å². The van der Waals surface area contributed by atoms with Crippen LogP contribution in [0.3, 0.4) is 0 Å². The van der Waals surface area contributed by atoms with Crippen molar-refractivity contribution in [2.75, 3.05) is 27.2 Å². The van der Waals surface area contributed by atoms with Crippen LogP contribution in [0.25, 0.3) is 0 Å². The fraction of sp³-hybridized carbons (Fsp3) is 1.00. The second kappa shape index (κ2) is 12.3. The van der Waals surface area contributed by atoms with Gasteiger partial charge in [0.1, 0.15) is 0 Å². The van der Waals surface area contributed by atoms with Crippen molar-refractivity contribution in [1.29, 1.82) is 0 Å². The van der Waals surface area contributed by atoms with E-state index in [-0.39, 0.29) is 0 Å². The van der Waals surface area contributed by atoms with Crippen LogP contribution in [0.1, 0.15) is 92.9 Å². The molecule has 0 saturated heterocycles. The molecular formula is C21H46N2. The van der Waals surface area contributed by atoms with E-state index in [2.05, 4.69) is 65.4 Å². The average Bonchev–Trinajstić information content (AvgIpc) is 2.54. The molecular weight excluding hydrogens is 280 g/mol. The first-order valence-corrected chi connectivity index (χ1v) is 10.2. The molecule has 0 radical (unpaired) electrons. The van der Waals surface area contributed by atoms with E-state index in [1.165, 1.54) is 64.5 Å².